The molecule has 0 amide bonds. The molecule has 0 heterocycles. The van der Waals surface area contributed by atoms with Crippen LogP contribution in [0.3, 0.4) is 0 Å². The minimum Gasteiger partial charge on any atom is -0.481 e. The standard InChI is InChI=1S/C25H24O3/c26-24(22-16-14-21(15-17-22)20-11-5-2-6-12-20)18-23(25(27)28)13-7-10-19-8-3-1-4-9-19/h1-6,8-9,11-12,14-17,23H,7,10,13,18H2,(H,27,28). The number of rotatable bonds is 9. The van der Waals surface area contributed by atoms with E-state index < -0.39 is 11.9 Å². The van der Waals surface area contributed by atoms with Crippen LogP contribution in [0, 0.1) is 5.92 Å². The number of carbonyl (C=O) groups excluding carboxylic acids is 1. The van der Waals surface area contributed by atoms with Gasteiger partial charge in [0.25, 0.3) is 0 Å². The van der Waals surface area contributed by atoms with Gasteiger partial charge < -0.3 is 5.11 Å². The van der Waals surface area contributed by atoms with Crippen molar-refractivity contribution >= 4 is 11.8 Å². The Hall–Kier alpha value is -3.20. The summed E-state index contributed by atoms with van der Waals surface area (Å²) < 4.78 is 0. The molecular formula is C25H24O3. The van der Waals surface area contributed by atoms with Crippen LogP contribution in [0.15, 0.2) is 84.9 Å². The molecule has 0 bridgehead atoms. The zero-order chi connectivity index (χ0) is 19.8. The van der Waals surface area contributed by atoms with Gasteiger partial charge in [0.2, 0.25) is 0 Å². The highest BCUT2D eigenvalue weighted by Gasteiger charge is 2.21. The van der Waals surface area contributed by atoms with Crippen LogP contribution >= 0.6 is 0 Å². The predicted octanol–water partition coefficient (Wildman–Crippen LogP) is 5.65. The second-order valence-electron chi connectivity index (χ2n) is 6.98. The third-order valence-corrected chi connectivity index (χ3v) is 4.96. The molecule has 0 fully saturated rings. The molecule has 3 aromatic rings. The smallest absolute Gasteiger partial charge is 0.306 e. The summed E-state index contributed by atoms with van der Waals surface area (Å²) in [5.74, 6) is -1.67. The van der Waals surface area contributed by atoms with E-state index in [0.717, 1.165) is 24.0 Å². The summed E-state index contributed by atoms with van der Waals surface area (Å²) in [5, 5.41) is 9.51. The zero-order valence-corrected chi connectivity index (χ0v) is 15.8. The Morgan fingerprint density at radius 1 is 0.750 bits per heavy atom. The third-order valence-electron chi connectivity index (χ3n) is 4.96. The van der Waals surface area contributed by atoms with Gasteiger partial charge in [0.15, 0.2) is 5.78 Å². The van der Waals surface area contributed by atoms with Crippen molar-refractivity contribution in [3.8, 4) is 11.1 Å². The van der Waals surface area contributed by atoms with E-state index in [1.54, 1.807) is 12.1 Å². The highest BCUT2D eigenvalue weighted by atomic mass is 16.4. The molecule has 3 nitrogen and oxygen atoms in total. The first-order valence-electron chi connectivity index (χ1n) is 9.59. The number of benzene rings is 3. The Kier molecular flexibility index (Phi) is 6.74. The van der Waals surface area contributed by atoms with E-state index in [9.17, 15) is 14.7 Å². The molecule has 1 N–H and O–H groups in total. The summed E-state index contributed by atoms with van der Waals surface area (Å²) in [6.07, 6.45) is 2.11. The van der Waals surface area contributed by atoms with Gasteiger partial charge in [-0.1, -0.05) is 84.9 Å². The number of carboxylic acids is 1. The van der Waals surface area contributed by atoms with Crippen molar-refractivity contribution in [2.75, 3.05) is 0 Å². The first-order chi connectivity index (χ1) is 13.6. The van der Waals surface area contributed by atoms with Crippen molar-refractivity contribution in [2.24, 2.45) is 5.92 Å². The fraction of sp³-hybridized carbons (Fsp3) is 0.200. The Morgan fingerprint density at radius 3 is 1.93 bits per heavy atom. The van der Waals surface area contributed by atoms with Gasteiger partial charge in [-0.25, -0.2) is 0 Å². The van der Waals surface area contributed by atoms with E-state index in [0.29, 0.717) is 12.0 Å². The number of hydrogen-bond acceptors (Lipinski definition) is 2. The Bertz CT molecular complexity index is 900. The van der Waals surface area contributed by atoms with E-state index in [-0.39, 0.29) is 12.2 Å². The van der Waals surface area contributed by atoms with E-state index in [1.807, 2.05) is 72.8 Å². The number of carbonyl (C=O) groups is 2. The number of Topliss-reactive ketones (excluding diaryl/α,β-unsaturated/α-hetero) is 1. The van der Waals surface area contributed by atoms with Gasteiger partial charge in [0.05, 0.1) is 5.92 Å². The first kappa shape index (κ1) is 19.6. The Balaban J connectivity index is 1.58. The van der Waals surface area contributed by atoms with Crippen molar-refractivity contribution in [2.45, 2.75) is 25.7 Å². The third kappa shape index (κ3) is 5.40. The van der Waals surface area contributed by atoms with Gasteiger partial charge in [0, 0.05) is 12.0 Å². The number of ketones is 1. The van der Waals surface area contributed by atoms with Crippen molar-refractivity contribution in [3.63, 3.8) is 0 Å². The largest absolute Gasteiger partial charge is 0.481 e. The minimum absolute atomic E-state index is 0.0365. The van der Waals surface area contributed by atoms with Gasteiger partial charge in [-0.2, -0.15) is 0 Å². The molecule has 142 valence electrons. The number of carboxylic acid groups (broad SMARTS) is 1. The molecule has 1 atom stereocenters. The number of aryl methyl sites for hydroxylation is 1. The second kappa shape index (κ2) is 9.65. The lowest BCUT2D eigenvalue weighted by molar-refractivity contribution is -0.141. The van der Waals surface area contributed by atoms with Gasteiger partial charge in [0.1, 0.15) is 0 Å². The maximum atomic E-state index is 12.6. The van der Waals surface area contributed by atoms with E-state index >= 15 is 0 Å². The van der Waals surface area contributed by atoms with Crippen molar-refractivity contribution in [1.82, 2.24) is 0 Å². The van der Waals surface area contributed by atoms with Crippen LogP contribution in [0.1, 0.15) is 35.2 Å². The number of hydrogen-bond donors (Lipinski definition) is 1. The van der Waals surface area contributed by atoms with Gasteiger partial charge in [-0.05, 0) is 36.0 Å². The second-order valence-corrected chi connectivity index (χ2v) is 6.98. The lowest BCUT2D eigenvalue weighted by Crippen LogP contribution is -2.18. The van der Waals surface area contributed by atoms with Gasteiger partial charge in [-0.15, -0.1) is 0 Å². The van der Waals surface area contributed by atoms with Crippen LogP contribution < -0.4 is 0 Å². The van der Waals surface area contributed by atoms with Crippen LogP contribution in [0.25, 0.3) is 11.1 Å². The van der Waals surface area contributed by atoms with E-state index in [4.69, 9.17) is 0 Å². The molecule has 3 rings (SSSR count). The maximum Gasteiger partial charge on any atom is 0.306 e. The zero-order valence-electron chi connectivity index (χ0n) is 15.8. The van der Waals surface area contributed by atoms with Crippen LogP contribution in [0.5, 0.6) is 0 Å². The molecule has 0 aliphatic heterocycles. The summed E-state index contributed by atoms with van der Waals surface area (Å²) in [6.45, 7) is 0. The molecule has 0 radical (unpaired) electrons. The molecule has 0 saturated heterocycles. The molecule has 0 saturated carbocycles. The summed E-state index contributed by atoms with van der Waals surface area (Å²) in [6, 6.07) is 27.3. The summed E-state index contributed by atoms with van der Waals surface area (Å²) >= 11 is 0. The summed E-state index contributed by atoms with van der Waals surface area (Å²) in [4.78, 5) is 24.2. The van der Waals surface area contributed by atoms with Crippen molar-refractivity contribution in [3.05, 3.63) is 96.1 Å². The number of aliphatic carboxylic acids is 1. The molecule has 3 heteroatoms. The molecule has 0 aliphatic carbocycles. The molecule has 28 heavy (non-hydrogen) atoms. The lowest BCUT2D eigenvalue weighted by atomic mass is 9.92. The maximum absolute atomic E-state index is 12.6. The lowest BCUT2D eigenvalue weighted by Gasteiger charge is -2.12. The minimum atomic E-state index is -0.901. The highest BCUT2D eigenvalue weighted by Crippen LogP contribution is 2.22. The molecule has 0 spiro atoms. The Labute approximate surface area is 165 Å². The topological polar surface area (TPSA) is 54.4 Å². The quantitative estimate of drug-likeness (QED) is 0.494. The van der Waals surface area contributed by atoms with Crippen LogP contribution in [0.4, 0.5) is 0 Å². The average Bonchev–Trinajstić information content (AvgIpc) is 2.74. The van der Waals surface area contributed by atoms with Crippen LogP contribution in [0.2, 0.25) is 0 Å². The molecule has 0 aromatic heterocycles. The van der Waals surface area contributed by atoms with Gasteiger partial charge >= 0.3 is 5.97 Å². The summed E-state index contributed by atoms with van der Waals surface area (Å²) in [7, 11) is 0. The molecule has 1 unspecified atom stereocenters. The monoisotopic (exact) mass is 372 g/mol. The fourth-order valence-electron chi connectivity index (χ4n) is 3.33. The van der Waals surface area contributed by atoms with Gasteiger partial charge in [-0.3, -0.25) is 9.59 Å². The first-order valence-corrected chi connectivity index (χ1v) is 9.59. The molecular weight excluding hydrogens is 348 g/mol. The van der Waals surface area contributed by atoms with Crippen molar-refractivity contribution in [1.29, 1.82) is 0 Å². The SMILES string of the molecule is O=C(CC(CCCc1ccccc1)C(=O)O)c1ccc(-c2ccccc2)cc1. The van der Waals surface area contributed by atoms with Crippen molar-refractivity contribution < 1.29 is 14.7 Å². The molecule has 3 aromatic carbocycles. The highest BCUT2D eigenvalue weighted by molar-refractivity contribution is 5.98. The average molecular weight is 372 g/mol. The Morgan fingerprint density at radius 2 is 1.32 bits per heavy atom. The summed E-state index contributed by atoms with van der Waals surface area (Å²) in [5.41, 5.74) is 3.88. The van der Waals surface area contributed by atoms with Crippen LogP contribution in [-0.2, 0) is 11.2 Å². The normalized spacial score (nSPS) is 11.7. The predicted molar refractivity (Wildman–Crippen MR) is 111 cm³/mol. The fourth-order valence-corrected chi connectivity index (χ4v) is 3.33. The van der Waals surface area contributed by atoms with Crippen LogP contribution in [-0.4, -0.2) is 16.9 Å². The molecule has 0 aliphatic rings. The van der Waals surface area contributed by atoms with E-state index in [1.165, 1.54) is 5.56 Å². The van der Waals surface area contributed by atoms with E-state index in [2.05, 4.69) is 0 Å².